The highest BCUT2D eigenvalue weighted by Crippen LogP contribution is 2.26. The topological polar surface area (TPSA) is 140 Å². The van der Waals surface area contributed by atoms with Crippen LogP contribution in [0, 0.1) is 5.41 Å². The molecule has 4 amide bonds. The number of amides is 4. The van der Waals surface area contributed by atoms with E-state index in [0.717, 1.165) is 17.5 Å². The van der Waals surface area contributed by atoms with Crippen LogP contribution in [0.15, 0.2) is 48.5 Å². The van der Waals surface area contributed by atoms with E-state index < -0.39 is 17.6 Å². The minimum absolute atomic E-state index is 0.0712. The third-order valence-electron chi connectivity index (χ3n) is 7.54. The minimum atomic E-state index is -0.690. The van der Waals surface area contributed by atoms with Crippen molar-refractivity contribution in [1.29, 1.82) is 0 Å². The van der Waals surface area contributed by atoms with E-state index in [1.54, 1.807) is 17.0 Å². The number of nitrogens with zero attached hydrogens (tertiary/aromatic N) is 1. The molecule has 3 atom stereocenters. The molecule has 0 spiro atoms. The van der Waals surface area contributed by atoms with E-state index in [-0.39, 0.29) is 49.1 Å². The lowest BCUT2D eigenvalue weighted by Gasteiger charge is -2.35. The molecule has 3 rings (SSSR count). The molecule has 2 aromatic rings. The number of hydrogen-bond donors (Lipinski definition) is 5. The molecule has 43 heavy (non-hydrogen) atoms. The van der Waals surface area contributed by atoms with Gasteiger partial charge in [-0.25, -0.2) is 5.43 Å². The Balaban J connectivity index is 1.41. The van der Waals surface area contributed by atoms with Crippen molar-refractivity contribution < 1.29 is 24.3 Å². The van der Waals surface area contributed by atoms with Crippen molar-refractivity contribution >= 4 is 29.3 Å². The van der Waals surface area contributed by atoms with Crippen LogP contribution in [-0.2, 0) is 14.4 Å². The van der Waals surface area contributed by atoms with E-state index in [0.29, 0.717) is 37.1 Å². The molecule has 0 saturated carbocycles. The number of unbranched alkanes of at least 4 members (excludes halogenated alkanes) is 1. The van der Waals surface area contributed by atoms with Gasteiger partial charge < -0.3 is 20.6 Å². The molecular weight excluding hydrogens is 546 g/mol. The summed E-state index contributed by atoms with van der Waals surface area (Å²) in [6.45, 7) is 10.6. The Morgan fingerprint density at radius 1 is 0.930 bits per heavy atom. The lowest BCUT2D eigenvalue weighted by atomic mass is 9.85. The maximum atomic E-state index is 13.2. The molecule has 1 aliphatic rings. The molecule has 1 heterocycles. The highest BCUT2D eigenvalue weighted by molar-refractivity contribution is 5.94. The molecule has 2 aromatic carbocycles. The van der Waals surface area contributed by atoms with E-state index >= 15 is 0 Å². The Labute approximate surface area is 255 Å². The maximum Gasteiger partial charge on any atom is 0.265 e. The molecule has 1 aliphatic heterocycles. The van der Waals surface area contributed by atoms with Crippen molar-refractivity contribution in [1.82, 2.24) is 21.1 Å². The van der Waals surface area contributed by atoms with Crippen LogP contribution in [0.3, 0.4) is 0 Å². The number of anilines is 1. The molecule has 5 N–H and O–H groups in total. The van der Waals surface area contributed by atoms with Crippen LogP contribution >= 0.6 is 0 Å². The zero-order valence-electron chi connectivity index (χ0n) is 26.0. The van der Waals surface area contributed by atoms with Gasteiger partial charge in [0.25, 0.3) is 5.91 Å². The Hall–Kier alpha value is -3.76. The number of carbonyl (C=O) groups is 4. The van der Waals surface area contributed by atoms with Crippen LogP contribution in [-0.4, -0.2) is 64.9 Å². The standard InChI is InChI=1S/C33H47N5O5/c1-6-19-34-37-31(42)25-13-11-23(12-14-25)24-15-17-26(18-16-24)35-28(40)9-7-8-10-29(41)36-30(33(3,4)5)32(43)38-21-27(39)20-22(38)2/h11-18,22,27,30,34,39H,6-10,19-21H2,1-5H3,(H,35,40)(H,36,41)(H,37,42)/t22-,27-,30?/m1/s1. The fraction of sp³-hybridized carbons (Fsp3) is 0.515. The quantitative estimate of drug-likeness (QED) is 0.176. The van der Waals surface area contributed by atoms with E-state index in [9.17, 15) is 24.3 Å². The van der Waals surface area contributed by atoms with Crippen molar-refractivity contribution in [3.63, 3.8) is 0 Å². The molecule has 0 aromatic heterocycles. The number of nitrogens with one attached hydrogen (secondary N) is 4. The number of rotatable bonds is 13. The van der Waals surface area contributed by atoms with Gasteiger partial charge in [0.2, 0.25) is 17.7 Å². The molecule has 1 saturated heterocycles. The van der Waals surface area contributed by atoms with Crippen LogP contribution in [0.5, 0.6) is 0 Å². The summed E-state index contributed by atoms with van der Waals surface area (Å²) in [5.74, 6) is -0.713. The van der Waals surface area contributed by atoms with Crippen LogP contribution < -0.4 is 21.5 Å². The molecule has 234 valence electrons. The van der Waals surface area contributed by atoms with E-state index in [1.165, 1.54) is 0 Å². The van der Waals surface area contributed by atoms with Gasteiger partial charge in [0, 0.05) is 43.2 Å². The first-order chi connectivity index (χ1) is 20.4. The fourth-order valence-corrected chi connectivity index (χ4v) is 5.05. The predicted molar refractivity (Wildman–Crippen MR) is 168 cm³/mol. The van der Waals surface area contributed by atoms with Crippen LogP contribution in [0.1, 0.15) is 83.5 Å². The predicted octanol–water partition coefficient (Wildman–Crippen LogP) is 4.01. The van der Waals surface area contributed by atoms with Crippen LogP contribution in [0.4, 0.5) is 5.69 Å². The van der Waals surface area contributed by atoms with Crippen LogP contribution in [0.25, 0.3) is 11.1 Å². The molecule has 1 fully saturated rings. The zero-order chi connectivity index (χ0) is 31.6. The Morgan fingerprint density at radius 2 is 1.51 bits per heavy atom. The smallest absolute Gasteiger partial charge is 0.265 e. The van der Waals surface area contributed by atoms with Crippen molar-refractivity contribution in [2.45, 2.75) is 91.3 Å². The van der Waals surface area contributed by atoms with Crippen molar-refractivity contribution in [3.05, 3.63) is 54.1 Å². The molecule has 1 unspecified atom stereocenters. The third-order valence-corrected chi connectivity index (χ3v) is 7.54. The number of benzene rings is 2. The largest absolute Gasteiger partial charge is 0.391 e. The van der Waals surface area contributed by atoms with Crippen molar-refractivity contribution in [2.75, 3.05) is 18.4 Å². The van der Waals surface area contributed by atoms with E-state index in [2.05, 4.69) is 21.5 Å². The number of aliphatic hydroxyl groups excluding tert-OH is 1. The monoisotopic (exact) mass is 593 g/mol. The fourth-order valence-electron chi connectivity index (χ4n) is 5.05. The Bertz CT molecular complexity index is 1240. The first-order valence-corrected chi connectivity index (χ1v) is 15.2. The van der Waals surface area contributed by atoms with Gasteiger partial charge in [-0.15, -0.1) is 0 Å². The summed E-state index contributed by atoms with van der Waals surface area (Å²) in [6.07, 6.45) is 2.47. The van der Waals surface area contributed by atoms with Gasteiger partial charge in [0.05, 0.1) is 6.10 Å². The second-order valence-corrected chi connectivity index (χ2v) is 12.4. The Morgan fingerprint density at radius 3 is 2.05 bits per heavy atom. The van der Waals surface area contributed by atoms with E-state index in [4.69, 9.17) is 0 Å². The summed E-state index contributed by atoms with van der Waals surface area (Å²) in [7, 11) is 0. The minimum Gasteiger partial charge on any atom is -0.391 e. The van der Waals surface area contributed by atoms with Crippen molar-refractivity contribution in [3.8, 4) is 11.1 Å². The summed E-state index contributed by atoms with van der Waals surface area (Å²) >= 11 is 0. The summed E-state index contributed by atoms with van der Waals surface area (Å²) in [5, 5.41) is 15.7. The second kappa shape index (κ2) is 15.6. The SMILES string of the molecule is CCCNNC(=O)c1ccc(-c2ccc(NC(=O)CCCCC(=O)NC(C(=O)N3C[C@H](O)C[C@H]3C)C(C)(C)C)cc2)cc1. The second-order valence-electron chi connectivity index (χ2n) is 12.4. The lowest BCUT2D eigenvalue weighted by molar-refractivity contribution is -0.140. The molecule has 10 nitrogen and oxygen atoms in total. The number of hydrazine groups is 1. The van der Waals surface area contributed by atoms with Gasteiger partial charge in [-0.3, -0.25) is 24.6 Å². The highest BCUT2D eigenvalue weighted by atomic mass is 16.3. The number of β-amino-alcohol motifs (C(OH)–C–C–N with tert-alkyl or cyclic N) is 1. The number of carbonyl (C=O) groups excluding carboxylic acids is 4. The van der Waals surface area contributed by atoms with Gasteiger partial charge >= 0.3 is 0 Å². The van der Waals surface area contributed by atoms with Gasteiger partial charge in [-0.2, -0.15) is 0 Å². The molecule has 0 radical (unpaired) electrons. The third kappa shape index (κ3) is 10.2. The lowest BCUT2D eigenvalue weighted by Crippen LogP contribution is -2.55. The van der Waals surface area contributed by atoms with E-state index in [1.807, 2.05) is 71.0 Å². The molecule has 10 heteroatoms. The molecule has 0 aliphatic carbocycles. The van der Waals surface area contributed by atoms with Crippen LogP contribution in [0.2, 0.25) is 0 Å². The Kier molecular flexibility index (Phi) is 12.3. The van der Waals surface area contributed by atoms with Gasteiger partial charge in [-0.1, -0.05) is 52.0 Å². The average molecular weight is 594 g/mol. The van der Waals surface area contributed by atoms with Gasteiger partial charge in [0.15, 0.2) is 0 Å². The number of aliphatic hydroxyl groups is 1. The molecule has 0 bridgehead atoms. The highest BCUT2D eigenvalue weighted by Gasteiger charge is 2.40. The first kappa shape index (κ1) is 33.7. The zero-order valence-corrected chi connectivity index (χ0v) is 26.0. The van der Waals surface area contributed by atoms with Gasteiger partial charge in [-0.05, 0) is 73.4 Å². The normalized spacial score (nSPS) is 17.3. The number of likely N-dealkylation sites (tertiary alicyclic amines) is 1. The summed E-state index contributed by atoms with van der Waals surface area (Å²) in [5.41, 5.74) is 8.22. The number of hydrogen-bond acceptors (Lipinski definition) is 6. The summed E-state index contributed by atoms with van der Waals surface area (Å²) in [6, 6.07) is 14.0. The van der Waals surface area contributed by atoms with Gasteiger partial charge in [0.1, 0.15) is 6.04 Å². The first-order valence-electron chi connectivity index (χ1n) is 15.2. The van der Waals surface area contributed by atoms with Crippen molar-refractivity contribution in [2.24, 2.45) is 5.41 Å². The summed E-state index contributed by atoms with van der Waals surface area (Å²) < 4.78 is 0. The summed E-state index contributed by atoms with van der Waals surface area (Å²) in [4.78, 5) is 52.2. The maximum absolute atomic E-state index is 13.2. The molecular formula is C33H47N5O5. The average Bonchev–Trinajstić information content (AvgIpc) is 3.31.